The summed E-state index contributed by atoms with van der Waals surface area (Å²) >= 11 is 1.51. The number of para-hydroxylation sites is 3. The Labute approximate surface area is 183 Å². The second-order valence-corrected chi connectivity index (χ2v) is 8.84. The van der Waals surface area contributed by atoms with Crippen molar-refractivity contribution < 1.29 is 9.53 Å². The lowest BCUT2D eigenvalue weighted by Gasteiger charge is -2.23. The van der Waals surface area contributed by atoms with Gasteiger partial charge in [0.2, 0.25) is 5.91 Å². The molecule has 1 atom stereocenters. The zero-order valence-corrected chi connectivity index (χ0v) is 18.2. The van der Waals surface area contributed by atoms with Gasteiger partial charge in [-0.25, -0.2) is 9.78 Å². The Hall–Kier alpha value is -2.97. The highest BCUT2D eigenvalue weighted by atomic mass is 32.1. The lowest BCUT2D eigenvalue weighted by atomic mass is 10.2. The molecule has 2 aromatic carbocycles. The van der Waals surface area contributed by atoms with E-state index < -0.39 is 0 Å². The van der Waals surface area contributed by atoms with Gasteiger partial charge in [-0.05, 0) is 37.1 Å². The maximum Gasteiger partial charge on any atom is 0.328 e. The smallest absolute Gasteiger partial charge is 0.328 e. The van der Waals surface area contributed by atoms with Crippen LogP contribution in [-0.4, -0.2) is 39.3 Å². The number of aryl methyl sites for hydroxylation is 2. The first kappa shape index (κ1) is 20.0. The lowest BCUT2D eigenvalue weighted by molar-refractivity contribution is -0.119. The molecule has 0 N–H and O–H groups in total. The largest absolute Gasteiger partial charge is 0.376 e. The van der Waals surface area contributed by atoms with Crippen LogP contribution in [0.5, 0.6) is 0 Å². The van der Waals surface area contributed by atoms with Crippen molar-refractivity contribution in [2.75, 3.05) is 18.1 Å². The number of aromatic nitrogens is 3. The number of amides is 1. The van der Waals surface area contributed by atoms with Crippen molar-refractivity contribution in [3.8, 4) is 0 Å². The monoisotopic (exact) mass is 436 g/mol. The molecular weight excluding hydrogens is 412 g/mol. The number of ether oxygens (including phenoxy) is 1. The highest BCUT2D eigenvalue weighted by Crippen LogP contribution is 2.30. The van der Waals surface area contributed by atoms with E-state index in [9.17, 15) is 9.59 Å². The van der Waals surface area contributed by atoms with Gasteiger partial charge in [0.05, 0.1) is 33.9 Å². The van der Waals surface area contributed by atoms with Crippen LogP contribution >= 0.6 is 11.3 Å². The van der Waals surface area contributed by atoms with Crippen molar-refractivity contribution in [2.24, 2.45) is 7.05 Å². The standard InChI is InChI=1S/C23H24N4O3S/c1-25-18-9-3-4-10-19(18)26(23(25)29)13-12-21(28)27(15-16-7-6-14-30-16)22-24-17-8-2-5-11-20(17)31-22/h2-5,8-11,16H,6-7,12-15H2,1H3/t16-/m1/s1. The van der Waals surface area contributed by atoms with Crippen molar-refractivity contribution >= 4 is 43.6 Å². The van der Waals surface area contributed by atoms with Crippen molar-refractivity contribution in [3.63, 3.8) is 0 Å². The van der Waals surface area contributed by atoms with Gasteiger partial charge < -0.3 is 4.74 Å². The van der Waals surface area contributed by atoms with Crippen LogP contribution < -0.4 is 10.6 Å². The summed E-state index contributed by atoms with van der Waals surface area (Å²) in [6.07, 6.45) is 2.20. The summed E-state index contributed by atoms with van der Waals surface area (Å²) in [6, 6.07) is 15.5. The molecule has 8 heteroatoms. The first-order valence-corrected chi connectivity index (χ1v) is 11.4. The van der Waals surface area contributed by atoms with E-state index in [1.54, 1.807) is 21.1 Å². The van der Waals surface area contributed by atoms with E-state index >= 15 is 0 Å². The molecule has 1 saturated heterocycles. The average Bonchev–Trinajstić information content (AvgIpc) is 3.50. The van der Waals surface area contributed by atoms with Gasteiger partial charge in [0.1, 0.15) is 0 Å². The molecule has 0 spiro atoms. The van der Waals surface area contributed by atoms with Gasteiger partial charge in [0.25, 0.3) is 0 Å². The van der Waals surface area contributed by atoms with Gasteiger partial charge in [0, 0.05) is 26.6 Å². The summed E-state index contributed by atoms with van der Waals surface area (Å²) in [4.78, 5) is 32.5. The quantitative estimate of drug-likeness (QED) is 0.464. The summed E-state index contributed by atoms with van der Waals surface area (Å²) in [5.41, 5.74) is 2.48. The number of carbonyl (C=O) groups excluding carboxylic acids is 1. The van der Waals surface area contributed by atoms with Crippen molar-refractivity contribution in [1.82, 2.24) is 14.1 Å². The summed E-state index contributed by atoms with van der Waals surface area (Å²) in [6.45, 7) is 1.55. The molecule has 1 fully saturated rings. The summed E-state index contributed by atoms with van der Waals surface area (Å²) in [5.74, 6) is -0.0469. The van der Waals surface area contributed by atoms with E-state index in [-0.39, 0.29) is 24.1 Å². The number of anilines is 1. The molecular formula is C23H24N4O3S. The maximum absolute atomic E-state index is 13.4. The summed E-state index contributed by atoms with van der Waals surface area (Å²) in [7, 11) is 1.76. The number of nitrogens with zero attached hydrogens (tertiary/aromatic N) is 4. The molecule has 3 heterocycles. The highest BCUT2D eigenvalue weighted by Gasteiger charge is 2.26. The Balaban J connectivity index is 1.42. The first-order chi connectivity index (χ1) is 15.1. The third-order valence-electron chi connectivity index (χ3n) is 5.83. The van der Waals surface area contributed by atoms with Gasteiger partial charge in [-0.1, -0.05) is 35.6 Å². The predicted molar refractivity (Wildman–Crippen MR) is 123 cm³/mol. The number of hydrogen-bond donors (Lipinski definition) is 0. The molecule has 1 amide bonds. The number of rotatable bonds is 6. The molecule has 31 heavy (non-hydrogen) atoms. The number of fused-ring (bicyclic) bond motifs is 2. The third kappa shape index (κ3) is 3.77. The topological polar surface area (TPSA) is 69.4 Å². The van der Waals surface area contributed by atoms with Crippen LogP contribution in [0.1, 0.15) is 19.3 Å². The van der Waals surface area contributed by atoms with E-state index in [1.165, 1.54) is 11.3 Å². The molecule has 4 aromatic rings. The van der Waals surface area contributed by atoms with Crippen LogP contribution in [0.15, 0.2) is 53.3 Å². The zero-order valence-electron chi connectivity index (χ0n) is 17.4. The van der Waals surface area contributed by atoms with Crippen LogP contribution in [0.2, 0.25) is 0 Å². The van der Waals surface area contributed by atoms with Crippen LogP contribution in [0.3, 0.4) is 0 Å². The Morgan fingerprint density at radius 1 is 1.19 bits per heavy atom. The van der Waals surface area contributed by atoms with Crippen LogP contribution in [0.25, 0.3) is 21.3 Å². The Bertz CT molecular complexity index is 1270. The molecule has 1 aliphatic rings. The second-order valence-electron chi connectivity index (χ2n) is 7.84. The Morgan fingerprint density at radius 2 is 1.97 bits per heavy atom. The lowest BCUT2D eigenvalue weighted by Crippen LogP contribution is -2.38. The predicted octanol–water partition coefficient (Wildman–Crippen LogP) is 3.55. The second kappa shape index (κ2) is 8.28. The normalized spacial score (nSPS) is 16.4. The molecule has 0 unspecified atom stereocenters. The molecule has 0 bridgehead atoms. The van der Waals surface area contributed by atoms with E-state index in [0.717, 1.165) is 40.7 Å². The Kier molecular flexibility index (Phi) is 5.33. The number of thiazole rings is 1. The molecule has 1 aliphatic heterocycles. The summed E-state index contributed by atoms with van der Waals surface area (Å²) < 4.78 is 10.1. The number of carbonyl (C=O) groups is 1. The van der Waals surface area contributed by atoms with Gasteiger partial charge in [-0.2, -0.15) is 0 Å². The summed E-state index contributed by atoms with van der Waals surface area (Å²) in [5, 5.41) is 0.687. The third-order valence-corrected chi connectivity index (χ3v) is 6.89. The Morgan fingerprint density at radius 3 is 2.74 bits per heavy atom. The highest BCUT2D eigenvalue weighted by molar-refractivity contribution is 7.22. The minimum Gasteiger partial charge on any atom is -0.376 e. The van der Waals surface area contributed by atoms with Gasteiger partial charge in [-0.3, -0.25) is 18.8 Å². The van der Waals surface area contributed by atoms with E-state index in [2.05, 4.69) is 0 Å². The SMILES string of the molecule is Cn1c(=O)n(CCC(=O)N(C[C@H]2CCCO2)c2nc3ccccc3s2)c2ccccc21. The zero-order chi connectivity index (χ0) is 21.4. The fourth-order valence-electron chi connectivity index (χ4n) is 4.18. The fraction of sp³-hybridized carbons (Fsp3) is 0.348. The minimum absolute atomic E-state index is 0.0243. The minimum atomic E-state index is -0.111. The van der Waals surface area contributed by atoms with Crippen LogP contribution in [-0.2, 0) is 23.1 Å². The number of imidazole rings is 1. The van der Waals surface area contributed by atoms with Crippen molar-refractivity contribution in [3.05, 3.63) is 59.0 Å². The molecule has 0 radical (unpaired) electrons. The number of benzene rings is 2. The molecule has 0 saturated carbocycles. The fourth-order valence-corrected chi connectivity index (χ4v) is 5.17. The first-order valence-electron chi connectivity index (χ1n) is 10.5. The van der Waals surface area contributed by atoms with Gasteiger partial charge >= 0.3 is 5.69 Å². The molecule has 2 aromatic heterocycles. The molecule has 160 valence electrons. The van der Waals surface area contributed by atoms with E-state index in [1.807, 2.05) is 48.5 Å². The average molecular weight is 437 g/mol. The van der Waals surface area contributed by atoms with E-state index in [4.69, 9.17) is 9.72 Å². The molecule has 7 nitrogen and oxygen atoms in total. The van der Waals surface area contributed by atoms with Crippen LogP contribution in [0, 0.1) is 0 Å². The van der Waals surface area contributed by atoms with Crippen molar-refractivity contribution in [2.45, 2.75) is 31.9 Å². The van der Waals surface area contributed by atoms with Crippen LogP contribution in [0.4, 0.5) is 5.13 Å². The van der Waals surface area contributed by atoms with E-state index in [0.29, 0.717) is 18.2 Å². The maximum atomic E-state index is 13.4. The molecule has 5 rings (SSSR count). The number of hydrogen-bond acceptors (Lipinski definition) is 5. The van der Waals surface area contributed by atoms with Crippen molar-refractivity contribution in [1.29, 1.82) is 0 Å². The molecule has 0 aliphatic carbocycles. The van der Waals surface area contributed by atoms with Gasteiger partial charge in [0.15, 0.2) is 5.13 Å². The van der Waals surface area contributed by atoms with Gasteiger partial charge in [-0.15, -0.1) is 0 Å².